The molecule has 1 aliphatic rings. The number of nitrogens with zero attached hydrogens (tertiary/aromatic N) is 1. The number of rotatable bonds is 3. The minimum atomic E-state index is -1.02. The Balaban J connectivity index is 2.05. The lowest BCUT2D eigenvalue weighted by atomic mass is 10.0. The van der Waals surface area contributed by atoms with Gasteiger partial charge in [0.15, 0.2) is 5.76 Å². The fourth-order valence-corrected chi connectivity index (χ4v) is 1.95. The summed E-state index contributed by atoms with van der Waals surface area (Å²) in [7, 11) is 0. The highest BCUT2D eigenvalue weighted by molar-refractivity contribution is 5.93. The van der Waals surface area contributed by atoms with E-state index in [0.29, 0.717) is 11.7 Å². The van der Waals surface area contributed by atoms with Gasteiger partial charge in [0.2, 0.25) is 0 Å². The molecule has 4 heteroatoms. The molecule has 86 valence electrons. The molecule has 1 heterocycles. The Kier molecular flexibility index (Phi) is 2.21. The Morgan fingerprint density at radius 2 is 2.24 bits per heavy atom. The number of carboxylic acid groups (broad SMARTS) is 1. The van der Waals surface area contributed by atoms with Gasteiger partial charge in [0.1, 0.15) is 5.56 Å². The summed E-state index contributed by atoms with van der Waals surface area (Å²) < 4.78 is 5.04. The third-order valence-electron chi connectivity index (χ3n) is 3.00. The van der Waals surface area contributed by atoms with Gasteiger partial charge >= 0.3 is 5.97 Å². The van der Waals surface area contributed by atoms with E-state index in [1.54, 1.807) is 0 Å². The van der Waals surface area contributed by atoms with Crippen molar-refractivity contribution >= 4 is 5.97 Å². The second-order valence-electron chi connectivity index (χ2n) is 4.27. The van der Waals surface area contributed by atoms with Gasteiger partial charge in [-0.25, -0.2) is 4.79 Å². The van der Waals surface area contributed by atoms with Crippen molar-refractivity contribution in [2.24, 2.45) is 0 Å². The quantitative estimate of drug-likeness (QED) is 0.878. The van der Waals surface area contributed by atoms with Gasteiger partial charge < -0.3 is 9.63 Å². The summed E-state index contributed by atoms with van der Waals surface area (Å²) in [6, 6.07) is 7.83. The highest BCUT2D eigenvalue weighted by atomic mass is 16.5. The van der Waals surface area contributed by atoms with Gasteiger partial charge in [-0.2, -0.15) is 0 Å². The van der Waals surface area contributed by atoms with E-state index in [4.69, 9.17) is 9.63 Å². The minimum Gasteiger partial charge on any atom is -0.477 e. The Labute approximate surface area is 97.9 Å². The van der Waals surface area contributed by atoms with E-state index < -0.39 is 5.97 Å². The molecule has 0 bridgehead atoms. The first kappa shape index (κ1) is 10.1. The first-order chi connectivity index (χ1) is 8.25. The number of hydrogen-bond acceptors (Lipinski definition) is 3. The Morgan fingerprint density at radius 1 is 1.41 bits per heavy atom. The van der Waals surface area contributed by atoms with Gasteiger partial charge in [-0.1, -0.05) is 23.4 Å². The molecule has 0 amide bonds. The normalized spacial score (nSPS) is 14.8. The third-order valence-corrected chi connectivity index (χ3v) is 3.00. The lowest BCUT2D eigenvalue weighted by Gasteiger charge is -2.01. The second-order valence-corrected chi connectivity index (χ2v) is 4.27. The summed E-state index contributed by atoms with van der Waals surface area (Å²) in [6.45, 7) is 0. The zero-order valence-electron chi connectivity index (χ0n) is 9.09. The van der Waals surface area contributed by atoms with E-state index in [1.165, 1.54) is 24.6 Å². The lowest BCUT2D eigenvalue weighted by Crippen LogP contribution is -1.96. The van der Waals surface area contributed by atoms with Gasteiger partial charge in [-0.3, -0.25) is 0 Å². The fourth-order valence-electron chi connectivity index (χ4n) is 1.95. The molecular formula is C13H11NO3. The minimum absolute atomic E-state index is 0.109. The van der Waals surface area contributed by atoms with Crippen LogP contribution in [0.3, 0.4) is 0 Å². The monoisotopic (exact) mass is 229 g/mol. The smallest absolute Gasteiger partial charge is 0.341 e. The standard InChI is InChI=1S/C13H11NO3/c15-13(16)11-7-14-17-12(11)10-3-1-2-9(6-10)8-4-5-8/h1-3,6-8H,4-5H2,(H,15,16). The van der Waals surface area contributed by atoms with Gasteiger partial charge in [0, 0.05) is 5.56 Å². The SMILES string of the molecule is O=C(O)c1cnoc1-c1cccc(C2CC2)c1. The van der Waals surface area contributed by atoms with Crippen LogP contribution in [0.1, 0.15) is 34.7 Å². The molecule has 2 aromatic rings. The lowest BCUT2D eigenvalue weighted by molar-refractivity contribution is 0.0697. The number of benzene rings is 1. The number of aromatic carboxylic acids is 1. The molecule has 0 unspecified atom stereocenters. The van der Waals surface area contributed by atoms with Crippen LogP contribution in [0.4, 0.5) is 0 Å². The van der Waals surface area contributed by atoms with Gasteiger partial charge in [-0.05, 0) is 30.4 Å². The third kappa shape index (κ3) is 1.82. The summed E-state index contributed by atoms with van der Waals surface area (Å²) in [5.41, 5.74) is 2.14. The van der Waals surface area contributed by atoms with Crippen molar-refractivity contribution in [3.63, 3.8) is 0 Å². The Bertz CT molecular complexity index is 570. The molecule has 1 aliphatic carbocycles. The van der Waals surface area contributed by atoms with Gasteiger partial charge in [0.25, 0.3) is 0 Å². The zero-order valence-corrected chi connectivity index (χ0v) is 9.09. The Morgan fingerprint density at radius 3 is 2.94 bits per heavy atom. The highest BCUT2D eigenvalue weighted by Gasteiger charge is 2.24. The summed E-state index contributed by atoms with van der Waals surface area (Å²) in [6.07, 6.45) is 3.67. The maximum absolute atomic E-state index is 11.0. The molecule has 1 saturated carbocycles. The predicted octanol–water partition coefficient (Wildman–Crippen LogP) is 2.92. The van der Waals surface area contributed by atoms with Crippen LogP contribution in [0.5, 0.6) is 0 Å². The van der Waals surface area contributed by atoms with Gasteiger partial charge in [-0.15, -0.1) is 0 Å². The summed E-state index contributed by atoms with van der Waals surface area (Å²) in [5, 5.41) is 12.6. The number of hydrogen-bond donors (Lipinski definition) is 1. The van der Waals surface area contributed by atoms with Crippen molar-refractivity contribution in [1.29, 1.82) is 0 Å². The largest absolute Gasteiger partial charge is 0.477 e. The van der Waals surface area contributed by atoms with Gasteiger partial charge in [0.05, 0.1) is 6.20 Å². The van der Waals surface area contributed by atoms with E-state index in [1.807, 2.05) is 18.2 Å². The average molecular weight is 229 g/mol. The maximum Gasteiger partial charge on any atom is 0.341 e. The van der Waals surface area contributed by atoms with Crippen molar-refractivity contribution in [2.75, 3.05) is 0 Å². The van der Waals surface area contributed by atoms with Crippen LogP contribution < -0.4 is 0 Å². The van der Waals surface area contributed by atoms with Crippen molar-refractivity contribution in [2.45, 2.75) is 18.8 Å². The predicted molar refractivity (Wildman–Crippen MR) is 60.9 cm³/mol. The van der Waals surface area contributed by atoms with E-state index in [2.05, 4.69) is 11.2 Å². The summed E-state index contributed by atoms with van der Waals surface area (Å²) in [5.74, 6) is -0.0516. The first-order valence-corrected chi connectivity index (χ1v) is 5.54. The van der Waals surface area contributed by atoms with Crippen LogP contribution in [0.15, 0.2) is 35.0 Å². The highest BCUT2D eigenvalue weighted by Crippen LogP contribution is 2.41. The fraction of sp³-hybridized carbons (Fsp3) is 0.231. The maximum atomic E-state index is 11.0. The Hall–Kier alpha value is -2.10. The van der Waals surface area contributed by atoms with E-state index in [0.717, 1.165) is 5.56 Å². The molecule has 0 radical (unpaired) electrons. The topological polar surface area (TPSA) is 63.3 Å². The van der Waals surface area contributed by atoms with Crippen molar-refractivity contribution < 1.29 is 14.4 Å². The summed E-state index contributed by atoms with van der Waals surface area (Å²) in [4.78, 5) is 11.0. The van der Waals surface area contributed by atoms with Crippen LogP contribution in [0.25, 0.3) is 11.3 Å². The molecule has 0 aliphatic heterocycles. The second kappa shape index (κ2) is 3.73. The molecule has 1 aromatic carbocycles. The molecule has 17 heavy (non-hydrogen) atoms. The van der Waals surface area contributed by atoms with E-state index in [-0.39, 0.29) is 5.56 Å². The van der Waals surface area contributed by atoms with Crippen LogP contribution in [0.2, 0.25) is 0 Å². The molecule has 1 aromatic heterocycles. The molecule has 4 nitrogen and oxygen atoms in total. The van der Waals surface area contributed by atoms with E-state index in [9.17, 15) is 4.79 Å². The van der Waals surface area contributed by atoms with Crippen LogP contribution >= 0.6 is 0 Å². The molecule has 1 fully saturated rings. The molecule has 0 atom stereocenters. The van der Waals surface area contributed by atoms with Crippen LogP contribution in [-0.2, 0) is 0 Å². The zero-order chi connectivity index (χ0) is 11.8. The molecular weight excluding hydrogens is 218 g/mol. The number of aromatic nitrogens is 1. The van der Waals surface area contributed by atoms with Crippen molar-refractivity contribution in [3.8, 4) is 11.3 Å². The van der Waals surface area contributed by atoms with Crippen molar-refractivity contribution in [3.05, 3.63) is 41.6 Å². The number of carboxylic acids is 1. The van der Waals surface area contributed by atoms with Crippen molar-refractivity contribution in [1.82, 2.24) is 5.16 Å². The molecule has 3 rings (SSSR count). The molecule has 0 spiro atoms. The van der Waals surface area contributed by atoms with E-state index >= 15 is 0 Å². The summed E-state index contributed by atoms with van der Waals surface area (Å²) >= 11 is 0. The van der Waals surface area contributed by atoms with Crippen LogP contribution in [-0.4, -0.2) is 16.2 Å². The average Bonchev–Trinajstić information content (AvgIpc) is 3.06. The number of carbonyl (C=O) groups is 1. The first-order valence-electron chi connectivity index (χ1n) is 5.54. The molecule has 0 saturated heterocycles. The van der Waals surface area contributed by atoms with Crippen LogP contribution in [0, 0.1) is 0 Å². The molecule has 1 N–H and O–H groups in total.